The lowest BCUT2D eigenvalue weighted by Crippen LogP contribution is -2.37. The van der Waals surface area contributed by atoms with Crippen LogP contribution >= 0.6 is 0 Å². The minimum atomic E-state index is 0.0550. The lowest BCUT2D eigenvalue weighted by atomic mass is 9.99. The number of nitrogens with zero attached hydrogens (tertiary/aromatic N) is 2. The molecule has 1 aromatic heterocycles. The molecule has 20 heavy (non-hydrogen) atoms. The smallest absolute Gasteiger partial charge is 0.247 e. The van der Waals surface area contributed by atoms with E-state index in [0.29, 0.717) is 5.89 Å². The van der Waals surface area contributed by atoms with Crippen LogP contribution in [0.15, 0.2) is 35.1 Å². The first kappa shape index (κ1) is 12.8. The molecule has 1 saturated heterocycles. The minimum Gasteiger partial charge on any atom is -0.423 e. The fraction of sp³-hybridized carbons (Fsp3) is 0.357. The molecule has 0 bridgehead atoms. The Bertz CT molecular complexity index is 559. The molecule has 104 valence electrons. The molecule has 0 aliphatic carbocycles. The van der Waals surface area contributed by atoms with E-state index in [9.17, 15) is 4.79 Å². The van der Waals surface area contributed by atoms with E-state index in [4.69, 9.17) is 4.42 Å². The summed E-state index contributed by atoms with van der Waals surface area (Å²) in [5.41, 5.74) is 1.61. The molecule has 1 aliphatic rings. The first-order valence-corrected chi connectivity index (χ1v) is 6.71. The Kier molecular flexibility index (Phi) is 3.73. The number of piperidine rings is 1. The number of carbonyl (C=O) groups excluding carboxylic acids is 1. The van der Waals surface area contributed by atoms with Crippen molar-refractivity contribution in [2.24, 2.45) is 5.92 Å². The van der Waals surface area contributed by atoms with Gasteiger partial charge in [0.15, 0.2) is 0 Å². The average Bonchev–Trinajstić information content (AvgIpc) is 3.03. The van der Waals surface area contributed by atoms with E-state index >= 15 is 0 Å². The Balaban J connectivity index is 1.64. The predicted octanol–water partition coefficient (Wildman–Crippen LogP) is 1.67. The Morgan fingerprint density at radius 1 is 1.35 bits per heavy atom. The highest BCUT2D eigenvalue weighted by Gasteiger charge is 2.20. The summed E-state index contributed by atoms with van der Waals surface area (Å²) in [7, 11) is 0. The quantitative estimate of drug-likeness (QED) is 0.888. The second kappa shape index (κ2) is 5.83. The summed E-state index contributed by atoms with van der Waals surface area (Å²) in [6.07, 6.45) is 3.29. The van der Waals surface area contributed by atoms with Gasteiger partial charge in [0, 0.05) is 17.8 Å². The summed E-state index contributed by atoms with van der Waals surface area (Å²) >= 11 is 0. The van der Waals surface area contributed by atoms with Crippen LogP contribution in [0.3, 0.4) is 0 Å². The Morgan fingerprint density at radius 3 is 2.85 bits per heavy atom. The molecule has 1 atom stereocenters. The molecule has 6 nitrogen and oxygen atoms in total. The molecule has 0 spiro atoms. The highest BCUT2D eigenvalue weighted by atomic mass is 16.4. The molecule has 2 aromatic rings. The maximum Gasteiger partial charge on any atom is 0.247 e. The largest absolute Gasteiger partial charge is 0.423 e. The zero-order valence-corrected chi connectivity index (χ0v) is 11.0. The van der Waals surface area contributed by atoms with Crippen LogP contribution in [0.4, 0.5) is 5.69 Å². The number of amides is 1. The highest BCUT2D eigenvalue weighted by molar-refractivity contribution is 5.92. The number of hydrogen-bond acceptors (Lipinski definition) is 5. The number of rotatable bonds is 3. The van der Waals surface area contributed by atoms with Crippen molar-refractivity contribution in [2.75, 3.05) is 18.4 Å². The normalized spacial score (nSPS) is 18.7. The van der Waals surface area contributed by atoms with Gasteiger partial charge in [-0.05, 0) is 43.7 Å². The maximum atomic E-state index is 12.1. The van der Waals surface area contributed by atoms with Gasteiger partial charge in [-0.15, -0.1) is 10.2 Å². The third-order valence-electron chi connectivity index (χ3n) is 3.43. The van der Waals surface area contributed by atoms with Crippen LogP contribution in [0, 0.1) is 5.92 Å². The van der Waals surface area contributed by atoms with Crippen LogP contribution in [0.1, 0.15) is 12.8 Å². The van der Waals surface area contributed by atoms with Crippen LogP contribution < -0.4 is 10.6 Å². The molecule has 1 amide bonds. The molecule has 1 aromatic carbocycles. The lowest BCUT2D eigenvalue weighted by Gasteiger charge is -2.21. The van der Waals surface area contributed by atoms with E-state index in [1.165, 1.54) is 6.39 Å². The van der Waals surface area contributed by atoms with E-state index in [1.807, 2.05) is 24.3 Å². The van der Waals surface area contributed by atoms with Crippen molar-refractivity contribution >= 4 is 11.6 Å². The van der Waals surface area contributed by atoms with Crippen LogP contribution in [-0.2, 0) is 4.79 Å². The molecule has 1 fully saturated rings. The molecule has 0 unspecified atom stereocenters. The highest BCUT2D eigenvalue weighted by Crippen LogP contribution is 2.20. The van der Waals surface area contributed by atoms with E-state index in [-0.39, 0.29) is 11.8 Å². The van der Waals surface area contributed by atoms with Crippen molar-refractivity contribution in [2.45, 2.75) is 12.8 Å². The van der Waals surface area contributed by atoms with Crippen LogP contribution in [0.5, 0.6) is 0 Å². The molecule has 6 heteroatoms. The number of benzene rings is 1. The third-order valence-corrected chi connectivity index (χ3v) is 3.43. The Hall–Kier alpha value is -2.21. The van der Waals surface area contributed by atoms with Crippen molar-refractivity contribution < 1.29 is 9.21 Å². The summed E-state index contributed by atoms with van der Waals surface area (Å²) in [5.74, 6) is 0.599. The van der Waals surface area contributed by atoms with E-state index in [2.05, 4.69) is 20.8 Å². The second-order valence-corrected chi connectivity index (χ2v) is 4.85. The lowest BCUT2D eigenvalue weighted by molar-refractivity contribution is -0.120. The van der Waals surface area contributed by atoms with Crippen LogP contribution in [0.2, 0.25) is 0 Å². The van der Waals surface area contributed by atoms with Crippen molar-refractivity contribution in [3.63, 3.8) is 0 Å². The second-order valence-electron chi connectivity index (χ2n) is 4.85. The van der Waals surface area contributed by atoms with Gasteiger partial charge >= 0.3 is 0 Å². The van der Waals surface area contributed by atoms with Crippen molar-refractivity contribution in [3.8, 4) is 11.5 Å². The van der Waals surface area contributed by atoms with Crippen LogP contribution in [-0.4, -0.2) is 29.2 Å². The molecule has 0 radical (unpaired) electrons. The summed E-state index contributed by atoms with van der Waals surface area (Å²) in [4.78, 5) is 12.1. The van der Waals surface area contributed by atoms with E-state index < -0.39 is 0 Å². The minimum absolute atomic E-state index is 0.0550. The van der Waals surface area contributed by atoms with Crippen molar-refractivity contribution in [1.29, 1.82) is 0 Å². The summed E-state index contributed by atoms with van der Waals surface area (Å²) in [6, 6.07) is 7.38. The third kappa shape index (κ3) is 2.85. The van der Waals surface area contributed by atoms with Gasteiger partial charge in [0.2, 0.25) is 18.2 Å². The molecule has 1 aliphatic heterocycles. The zero-order valence-electron chi connectivity index (χ0n) is 11.0. The number of aromatic nitrogens is 2. The van der Waals surface area contributed by atoms with E-state index in [0.717, 1.165) is 37.2 Å². The maximum absolute atomic E-state index is 12.1. The molecular weight excluding hydrogens is 256 g/mol. The average molecular weight is 272 g/mol. The number of anilines is 1. The molecule has 3 rings (SSSR count). The monoisotopic (exact) mass is 272 g/mol. The van der Waals surface area contributed by atoms with Crippen molar-refractivity contribution in [1.82, 2.24) is 15.5 Å². The molecular formula is C14H16N4O2. The van der Waals surface area contributed by atoms with Crippen molar-refractivity contribution in [3.05, 3.63) is 30.7 Å². The van der Waals surface area contributed by atoms with Gasteiger partial charge in [0.1, 0.15) is 0 Å². The SMILES string of the molecule is O=C(Nc1ccc(-c2nnco2)cc1)[C@H]1CCCNC1. The van der Waals surface area contributed by atoms with Gasteiger partial charge in [0.25, 0.3) is 0 Å². The fourth-order valence-corrected chi connectivity index (χ4v) is 2.31. The van der Waals surface area contributed by atoms with Gasteiger partial charge < -0.3 is 15.1 Å². The zero-order chi connectivity index (χ0) is 13.8. The van der Waals surface area contributed by atoms with Gasteiger partial charge in [0.05, 0.1) is 5.92 Å². The summed E-state index contributed by atoms with van der Waals surface area (Å²) in [5, 5.41) is 13.7. The molecule has 2 N–H and O–H groups in total. The van der Waals surface area contributed by atoms with Gasteiger partial charge in [-0.1, -0.05) is 0 Å². The Morgan fingerprint density at radius 2 is 2.20 bits per heavy atom. The van der Waals surface area contributed by atoms with Gasteiger partial charge in [-0.3, -0.25) is 4.79 Å². The topological polar surface area (TPSA) is 80.1 Å². The van der Waals surface area contributed by atoms with E-state index in [1.54, 1.807) is 0 Å². The standard InChI is InChI=1S/C14H16N4O2/c19-13(11-2-1-7-15-8-11)17-12-5-3-10(4-6-12)14-18-16-9-20-14/h3-6,9,11,15H,1-2,7-8H2,(H,17,19)/t11-/m0/s1. The Labute approximate surface area is 116 Å². The summed E-state index contributed by atoms with van der Waals surface area (Å²) in [6.45, 7) is 1.76. The first-order chi connectivity index (χ1) is 9.83. The predicted molar refractivity (Wildman–Crippen MR) is 74.0 cm³/mol. The summed E-state index contributed by atoms with van der Waals surface area (Å²) < 4.78 is 5.12. The number of carbonyl (C=O) groups is 1. The molecule has 2 heterocycles. The molecule has 0 saturated carbocycles. The first-order valence-electron chi connectivity index (χ1n) is 6.71. The van der Waals surface area contributed by atoms with Gasteiger partial charge in [-0.2, -0.15) is 0 Å². The fourth-order valence-electron chi connectivity index (χ4n) is 2.31. The van der Waals surface area contributed by atoms with Gasteiger partial charge in [-0.25, -0.2) is 0 Å². The number of hydrogen-bond donors (Lipinski definition) is 2. The van der Waals surface area contributed by atoms with Crippen LogP contribution in [0.25, 0.3) is 11.5 Å². The number of nitrogens with one attached hydrogen (secondary N) is 2.